The van der Waals surface area contributed by atoms with Gasteiger partial charge < -0.3 is 9.47 Å². The minimum Gasteiger partial charge on any atom is -0.496 e. The lowest BCUT2D eigenvalue weighted by Gasteiger charge is -2.13. The molecule has 0 aliphatic carbocycles. The average molecular weight is 480 g/mol. The van der Waals surface area contributed by atoms with Gasteiger partial charge in [-0.1, -0.05) is 42.2 Å². The molecule has 1 fully saturated rings. The normalized spacial score (nSPS) is 15.0. The fourth-order valence-corrected chi connectivity index (χ4v) is 4.96. The molecule has 2 heterocycles. The van der Waals surface area contributed by atoms with Crippen molar-refractivity contribution in [3.8, 4) is 22.7 Å². The highest BCUT2D eigenvalue weighted by Crippen LogP contribution is 2.35. The molecule has 1 aliphatic heterocycles. The van der Waals surface area contributed by atoms with Crippen LogP contribution in [0.2, 0.25) is 0 Å². The highest BCUT2D eigenvalue weighted by atomic mass is 32.2. The standard InChI is InChI=1S/C25H25N3O3S2/c1-17-14-18(10-11-21(17)31-3)23-19(16-28(26-23)20-8-5-4-6-9-20)15-22-24(29)27(25(32)33-22)12-7-13-30-2/h4-6,8-11,14-16H,7,12-13H2,1-3H3/b22-15+. The third-order valence-electron chi connectivity index (χ3n) is 5.32. The van der Waals surface area contributed by atoms with Crippen LogP contribution in [0.1, 0.15) is 17.5 Å². The molecule has 33 heavy (non-hydrogen) atoms. The molecule has 3 aromatic rings. The number of methoxy groups -OCH3 is 2. The second kappa shape index (κ2) is 10.3. The van der Waals surface area contributed by atoms with E-state index in [0.717, 1.165) is 40.2 Å². The molecule has 6 nitrogen and oxygen atoms in total. The van der Waals surface area contributed by atoms with Gasteiger partial charge in [0.1, 0.15) is 15.8 Å². The summed E-state index contributed by atoms with van der Waals surface area (Å²) in [5.74, 6) is 0.741. The van der Waals surface area contributed by atoms with Crippen molar-refractivity contribution in [1.82, 2.24) is 14.7 Å². The molecule has 0 bridgehead atoms. The van der Waals surface area contributed by atoms with Crippen LogP contribution < -0.4 is 4.74 Å². The van der Waals surface area contributed by atoms with Gasteiger partial charge in [-0.25, -0.2) is 4.68 Å². The number of para-hydroxylation sites is 1. The van der Waals surface area contributed by atoms with Gasteiger partial charge in [-0.3, -0.25) is 9.69 Å². The van der Waals surface area contributed by atoms with E-state index in [-0.39, 0.29) is 5.91 Å². The van der Waals surface area contributed by atoms with E-state index >= 15 is 0 Å². The molecule has 8 heteroatoms. The topological polar surface area (TPSA) is 56.6 Å². The largest absolute Gasteiger partial charge is 0.496 e. The molecule has 1 aliphatic rings. The van der Waals surface area contributed by atoms with Crippen molar-refractivity contribution >= 4 is 40.3 Å². The number of carbonyl (C=O) groups excluding carboxylic acids is 1. The summed E-state index contributed by atoms with van der Waals surface area (Å²) in [7, 11) is 3.31. The Hall–Kier alpha value is -2.94. The first kappa shape index (κ1) is 23.2. The summed E-state index contributed by atoms with van der Waals surface area (Å²) in [6, 6.07) is 15.9. The van der Waals surface area contributed by atoms with Crippen LogP contribution in [0.25, 0.3) is 23.0 Å². The van der Waals surface area contributed by atoms with E-state index in [1.54, 1.807) is 19.1 Å². The summed E-state index contributed by atoms with van der Waals surface area (Å²) in [4.78, 5) is 15.3. The molecule has 0 unspecified atom stereocenters. The summed E-state index contributed by atoms with van der Waals surface area (Å²) in [5.41, 5.74) is 4.54. The first-order valence-corrected chi connectivity index (χ1v) is 11.8. The van der Waals surface area contributed by atoms with Gasteiger partial charge in [0.15, 0.2) is 0 Å². The molecular formula is C25H25N3O3S2. The van der Waals surface area contributed by atoms with E-state index in [0.29, 0.717) is 22.4 Å². The highest BCUT2D eigenvalue weighted by Gasteiger charge is 2.32. The summed E-state index contributed by atoms with van der Waals surface area (Å²) < 4.78 is 12.9. The van der Waals surface area contributed by atoms with E-state index in [1.807, 2.05) is 72.4 Å². The maximum absolute atomic E-state index is 13.0. The Balaban J connectivity index is 1.74. The van der Waals surface area contributed by atoms with E-state index < -0.39 is 0 Å². The van der Waals surface area contributed by atoms with Crippen LogP contribution in [0.5, 0.6) is 5.75 Å². The molecule has 2 aromatic carbocycles. The predicted octanol–water partition coefficient (Wildman–Crippen LogP) is 5.09. The first-order chi connectivity index (χ1) is 16.0. The van der Waals surface area contributed by atoms with Gasteiger partial charge in [-0.15, -0.1) is 0 Å². The third kappa shape index (κ3) is 5.03. The number of hydrogen-bond donors (Lipinski definition) is 0. The van der Waals surface area contributed by atoms with Crippen molar-refractivity contribution in [2.45, 2.75) is 13.3 Å². The number of hydrogen-bond acceptors (Lipinski definition) is 6. The Morgan fingerprint density at radius 3 is 2.64 bits per heavy atom. The number of thiocarbonyl (C=S) groups is 1. The molecule has 0 radical (unpaired) electrons. The Bertz CT molecular complexity index is 1200. The smallest absolute Gasteiger partial charge is 0.266 e. The fourth-order valence-electron chi connectivity index (χ4n) is 3.66. The van der Waals surface area contributed by atoms with Gasteiger partial charge in [0.25, 0.3) is 5.91 Å². The summed E-state index contributed by atoms with van der Waals surface area (Å²) >= 11 is 6.79. The average Bonchev–Trinajstić information content (AvgIpc) is 3.36. The second-order valence-corrected chi connectivity index (χ2v) is 9.25. The summed E-state index contributed by atoms with van der Waals surface area (Å²) in [6.45, 7) is 3.13. The number of thioether (sulfide) groups is 1. The molecule has 4 rings (SSSR count). The quantitative estimate of drug-likeness (QED) is 0.255. The predicted molar refractivity (Wildman–Crippen MR) is 137 cm³/mol. The summed E-state index contributed by atoms with van der Waals surface area (Å²) in [6.07, 6.45) is 4.57. The van der Waals surface area contributed by atoms with Gasteiger partial charge >= 0.3 is 0 Å². The van der Waals surface area contributed by atoms with Crippen molar-refractivity contribution < 1.29 is 14.3 Å². The van der Waals surface area contributed by atoms with Gasteiger partial charge in [0.05, 0.1) is 17.7 Å². The fraction of sp³-hybridized carbons (Fsp3) is 0.240. The second-order valence-electron chi connectivity index (χ2n) is 7.58. The molecule has 1 amide bonds. The number of aromatic nitrogens is 2. The van der Waals surface area contributed by atoms with Crippen molar-refractivity contribution in [2.75, 3.05) is 27.4 Å². The van der Waals surface area contributed by atoms with Crippen LogP contribution >= 0.6 is 24.0 Å². The minimum atomic E-state index is -0.0783. The van der Waals surface area contributed by atoms with E-state index in [9.17, 15) is 4.79 Å². The Morgan fingerprint density at radius 1 is 1.15 bits per heavy atom. The monoisotopic (exact) mass is 479 g/mol. The van der Waals surface area contributed by atoms with Gasteiger partial charge in [0.2, 0.25) is 0 Å². The molecule has 0 N–H and O–H groups in total. The van der Waals surface area contributed by atoms with Crippen LogP contribution in [0.15, 0.2) is 59.6 Å². The Labute approximate surface area is 203 Å². The number of benzene rings is 2. The van der Waals surface area contributed by atoms with Gasteiger partial charge in [-0.2, -0.15) is 5.10 Å². The SMILES string of the molecule is COCCCN1C(=O)/C(=C\c2cn(-c3ccccc3)nc2-c2ccc(OC)c(C)c2)SC1=S. The van der Waals surface area contributed by atoms with E-state index in [4.69, 9.17) is 26.8 Å². The molecule has 0 saturated carbocycles. The zero-order valence-corrected chi connectivity index (χ0v) is 20.4. The van der Waals surface area contributed by atoms with E-state index in [1.165, 1.54) is 11.8 Å². The number of amides is 1. The van der Waals surface area contributed by atoms with Crippen LogP contribution in [0, 0.1) is 6.92 Å². The maximum Gasteiger partial charge on any atom is 0.266 e. The lowest BCUT2D eigenvalue weighted by molar-refractivity contribution is -0.122. The number of nitrogens with zero attached hydrogens (tertiary/aromatic N) is 3. The van der Waals surface area contributed by atoms with Crippen molar-refractivity contribution in [3.63, 3.8) is 0 Å². The molecule has 170 valence electrons. The molecule has 1 aromatic heterocycles. The number of carbonyl (C=O) groups is 1. The molecular weight excluding hydrogens is 454 g/mol. The third-order valence-corrected chi connectivity index (χ3v) is 6.70. The van der Waals surface area contributed by atoms with Crippen molar-refractivity contribution in [2.24, 2.45) is 0 Å². The minimum absolute atomic E-state index is 0.0783. The number of ether oxygens (including phenoxy) is 2. The van der Waals surface area contributed by atoms with Gasteiger partial charge in [-0.05, 0) is 55.3 Å². The lowest BCUT2D eigenvalue weighted by atomic mass is 10.0. The lowest BCUT2D eigenvalue weighted by Crippen LogP contribution is -2.29. The zero-order chi connectivity index (χ0) is 23.4. The Morgan fingerprint density at radius 2 is 1.94 bits per heavy atom. The van der Waals surface area contributed by atoms with E-state index in [2.05, 4.69) is 0 Å². The zero-order valence-electron chi connectivity index (χ0n) is 18.8. The molecule has 0 atom stereocenters. The van der Waals surface area contributed by atoms with Crippen LogP contribution in [-0.2, 0) is 9.53 Å². The van der Waals surface area contributed by atoms with Crippen molar-refractivity contribution in [3.05, 3.63) is 70.8 Å². The van der Waals surface area contributed by atoms with Crippen LogP contribution in [-0.4, -0.2) is 52.3 Å². The molecule has 0 spiro atoms. The van der Waals surface area contributed by atoms with Crippen molar-refractivity contribution in [1.29, 1.82) is 0 Å². The number of rotatable bonds is 8. The van der Waals surface area contributed by atoms with Gasteiger partial charge in [0, 0.05) is 37.6 Å². The first-order valence-electron chi connectivity index (χ1n) is 10.6. The Kier molecular flexibility index (Phi) is 7.27. The summed E-state index contributed by atoms with van der Waals surface area (Å²) in [5, 5.41) is 4.86. The van der Waals surface area contributed by atoms with Crippen LogP contribution in [0.3, 0.4) is 0 Å². The molecule has 1 saturated heterocycles. The number of aryl methyl sites for hydroxylation is 1. The van der Waals surface area contributed by atoms with Crippen LogP contribution in [0.4, 0.5) is 0 Å². The highest BCUT2D eigenvalue weighted by molar-refractivity contribution is 8.26. The maximum atomic E-state index is 13.0.